The highest BCUT2D eigenvalue weighted by Crippen LogP contribution is 2.47. The molecule has 1 N–H and O–H groups in total. The molecule has 1 saturated carbocycles. The van der Waals surface area contributed by atoms with Crippen molar-refractivity contribution in [1.29, 1.82) is 0 Å². The van der Waals surface area contributed by atoms with Gasteiger partial charge in [-0.3, -0.25) is 14.2 Å². The zero-order valence-electron chi connectivity index (χ0n) is 18.3. The summed E-state index contributed by atoms with van der Waals surface area (Å²) in [6, 6.07) is 5.21. The quantitative estimate of drug-likeness (QED) is 0.338. The molecule has 4 rings (SSSR count). The van der Waals surface area contributed by atoms with Gasteiger partial charge in [0.1, 0.15) is 0 Å². The first-order valence-electron chi connectivity index (χ1n) is 10.6. The van der Waals surface area contributed by atoms with Gasteiger partial charge in [0.05, 0.1) is 40.3 Å². The van der Waals surface area contributed by atoms with Crippen molar-refractivity contribution in [2.24, 2.45) is 0 Å². The number of hydrogen-bond donors (Lipinski definition) is 1. The number of benzene rings is 1. The van der Waals surface area contributed by atoms with Gasteiger partial charge in [0.2, 0.25) is 5.91 Å². The third-order valence-electron chi connectivity index (χ3n) is 5.70. The fraction of sp³-hybridized carbons (Fsp3) is 0.409. The van der Waals surface area contributed by atoms with Crippen LogP contribution in [0.5, 0.6) is 0 Å². The molecule has 1 amide bonds. The minimum atomic E-state index is -4.56. The summed E-state index contributed by atoms with van der Waals surface area (Å²) in [5.74, 6) is -0.305. The minimum Gasteiger partial charge on any atom is -0.323 e. The van der Waals surface area contributed by atoms with Gasteiger partial charge in [0, 0.05) is 22.4 Å². The Balaban J connectivity index is 1.46. The van der Waals surface area contributed by atoms with E-state index in [1.165, 1.54) is 4.68 Å². The van der Waals surface area contributed by atoms with Crippen molar-refractivity contribution in [3.8, 4) is 0 Å². The van der Waals surface area contributed by atoms with Gasteiger partial charge in [0.15, 0.2) is 5.69 Å². The maximum absolute atomic E-state index is 13.3. The van der Waals surface area contributed by atoms with Gasteiger partial charge in [-0.2, -0.15) is 23.4 Å². The molecule has 182 valence electrons. The van der Waals surface area contributed by atoms with Gasteiger partial charge >= 0.3 is 6.18 Å². The van der Waals surface area contributed by atoms with Crippen LogP contribution in [-0.2, 0) is 24.1 Å². The number of rotatable bonds is 7. The zero-order chi connectivity index (χ0) is 24.8. The lowest BCUT2D eigenvalue weighted by Crippen LogP contribution is -2.17. The van der Waals surface area contributed by atoms with E-state index < -0.39 is 11.9 Å². The molecule has 0 saturated heterocycles. The third-order valence-corrected chi connectivity index (χ3v) is 7.06. The van der Waals surface area contributed by atoms with Gasteiger partial charge in [0.25, 0.3) is 0 Å². The van der Waals surface area contributed by atoms with Gasteiger partial charge in [-0.15, -0.1) is 0 Å². The maximum atomic E-state index is 13.3. The lowest BCUT2D eigenvalue weighted by Gasteiger charge is -2.10. The second kappa shape index (κ2) is 9.54. The zero-order valence-corrected chi connectivity index (χ0v) is 21.4. The summed E-state index contributed by atoms with van der Waals surface area (Å²) in [4.78, 5) is 12.7. The summed E-state index contributed by atoms with van der Waals surface area (Å²) < 4.78 is 42.9. The number of hydrogen-bond acceptors (Lipinski definition) is 3. The fourth-order valence-electron chi connectivity index (χ4n) is 3.80. The van der Waals surface area contributed by atoms with Gasteiger partial charge < -0.3 is 5.32 Å². The number of aromatic nitrogens is 4. The van der Waals surface area contributed by atoms with E-state index in [1.807, 2.05) is 13.0 Å². The Bertz CT molecular complexity index is 1250. The van der Waals surface area contributed by atoms with Crippen molar-refractivity contribution in [1.82, 2.24) is 19.6 Å². The second-order valence-corrected chi connectivity index (χ2v) is 9.92. The molecule has 1 aliphatic carbocycles. The standard InChI is InChI=1S/C22H21BrCl2F3N5O/c1-11-19(12(2)33(30-11)10-14-5-6-15(24)9-16(14)25)29-17(34)7-8-32-20(13-3-4-13)18(23)21(31-32)22(26,27)28/h5-6,9,13H,3-4,7-8,10H2,1-2H3,(H,29,34). The summed E-state index contributed by atoms with van der Waals surface area (Å²) in [6.45, 7) is 4.03. The van der Waals surface area contributed by atoms with E-state index in [0.29, 0.717) is 33.7 Å². The Morgan fingerprint density at radius 3 is 2.53 bits per heavy atom. The minimum absolute atomic E-state index is 0.0296. The van der Waals surface area contributed by atoms with Crippen molar-refractivity contribution in [2.45, 2.75) is 58.3 Å². The first kappa shape index (κ1) is 25.1. The summed E-state index contributed by atoms with van der Waals surface area (Å²) in [6.07, 6.45) is -2.98. The lowest BCUT2D eigenvalue weighted by atomic mass is 10.2. The highest BCUT2D eigenvalue weighted by Gasteiger charge is 2.41. The molecule has 12 heteroatoms. The topological polar surface area (TPSA) is 64.7 Å². The molecule has 6 nitrogen and oxygen atoms in total. The van der Waals surface area contributed by atoms with Crippen molar-refractivity contribution < 1.29 is 18.0 Å². The SMILES string of the molecule is Cc1nn(Cc2ccc(Cl)cc2Cl)c(C)c1NC(=O)CCn1nc(C(F)(F)F)c(Br)c1C1CC1. The number of anilines is 1. The number of halogens is 6. The summed E-state index contributed by atoms with van der Waals surface area (Å²) in [5, 5.41) is 12.1. The van der Waals surface area contributed by atoms with E-state index in [2.05, 4.69) is 31.4 Å². The van der Waals surface area contributed by atoms with Crippen molar-refractivity contribution in [3.05, 3.63) is 61.1 Å². The van der Waals surface area contributed by atoms with Gasteiger partial charge in [-0.1, -0.05) is 29.3 Å². The Labute approximate surface area is 212 Å². The molecule has 0 unspecified atom stereocenters. The molecule has 1 fully saturated rings. The molecule has 0 atom stereocenters. The molecule has 2 heterocycles. The van der Waals surface area contributed by atoms with Crippen LogP contribution in [0.3, 0.4) is 0 Å². The van der Waals surface area contributed by atoms with Crippen LogP contribution in [0.15, 0.2) is 22.7 Å². The Morgan fingerprint density at radius 2 is 1.91 bits per heavy atom. The monoisotopic (exact) mass is 577 g/mol. The molecule has 2 aromatic heterocycles. The summed E-state index contributed by atoms with van der Waals surface area (Å²) >= 11 is 15.3. The van der Waals surface area contributed by atoms with E-state index in [0.717, 1.165) is 24.1 Å². The van der Waals surface area contributed by atoms with E-state index in [-0.39, 0.29) is 29.3 Å². The smallest absolute Gasteiger partial charge is 0.323 e. The van der Waals surface area contributed by atoms with E-state index in [9.17, 15) is 18.0 Å². The first-order valence-corrected chi connectivity index (χ1v) is 12.1. The number of nitrogens with zero attached hydrogens (tertiary/aromatic N) is 4. The molecule has 3 aromatic rings. The molecule has 0 bridgehead atoms. The van der Waals surface area contributed by atoms with Crippen molar-refractivity contribution in [2.75, 3.05) is 5.32 Å². The van der Waals surface area contributed by atoms with Gasteiger partial charge in [-0.25, -0.2) is 0 Å². The number of nitrogens with one attached hydrogen (secondary N) is 1. The normalized spacial score (nSPS) is 14.0. The highest BCUT2D eigenvalue weighted by atomic mass is 79.9. The lowest BCUT2D eigenvalue weighted by molar-refractivity contribution is -0.142. The molecule has 0 radical (unpaired) electrons. The second-order valence-electron chi connectivity index (χ2n) is 8.28. The Morgan fingerprint density at radius 1 is 1.21 bits per heavy atom. The van der Waals surface area contributed by atoms with Gasteiger partial charge in [-0.05, 0) is 60.3 Å². The average Bonchev–Trinajstić information content (AvgIpc) is 3.47. The molecular weight excluding hydrogens is 558 g/mol. The highest BCUT2D eigenvalue weighted by molar-refractivity contribution is 9.10. The predicted molar refractivity (Wildman–Crippen MR) is 127 cm³/mol. The number of carbonyl (C=O) groups excluding carboxylic acids is 1. The van der Waals surface area contributed by atoms with Crippen LogP contribution in [-0.4, -0.2) is 25.5 Å². The summed E-state index contributed by atoms with van der Waals surface area (Å²) in [7, 11) is 0. The first-order chi connectivity index (χ1) is 16.0. The van der Waals surface area contributed by atoms with E-state index >= 15 is 0 Å². The molecule has 1 aliphatic rings. The van der Waals surface area contributed by atoms with Crippen LogP contribution in [0.1, 0.15) is 53.5 Å². The van der Waals surface area contributed by atoms with Crippen LogP contribution >= 0.6 is 39.1 Å². The van der Waals surface area contributed by atoms with Crippen LogP contribution in [0, 0.1) is 13.8 Å². The Hall–Kier alpha value is -2.04. The predicted octanol–water partition coefficient (Wildman–Crippen LogP) is 6.74. The molecule has 34 heavy (non-hydrogen) atoms. The molecule has 0 spiro atoms. The number of amides is 1. The number of carbonyl (C=O) groups is 1. The van der Waals surface area contributed by atoms with Crippen molar-refractivity contribution in [3.63, 3.8) is 0 Å². The van der Waals surface area contributed by atoms with Crippen molar-refractivity contribution >= 4 is 50.7 Å². The number of alkyl halides is 3. The van der Waals surface area contributed by atoms with E-state index in [1.54, 1.807) is 23.7 Å². The fourth-order valence-corrected chi connectivity index (χ4v) is 5.10. The van der Waals surface area contributed by atoms with E-state index in [4.69, 9.17) is 23.2 Å². The molecular formula is C22H21BrCl2F3N5O. The van der Waals surface area contributed by atoms with Crippen LogP contribution in [0.25, 0.3) is 0 Å². The molecule has 1 aromatic carbocycles. The third kappa shape index (κ3) is 5.28. The average molecular weight is 579 g/mol. The van der Waals surface area contributed by atoms with Crippen LogP contribution in [0.2, 0.25) is 10.0 Å². The largest absolute Gasteiger partial charge is 0.436 e. The number of aryl methyl sites for hydroxylation is 2. The Kier molecular flexibility index (Phi) is 7.04. The maximum Gasteiger partial charge on any atom is 0.436 e. The van der Waals surface area contributed by atoms with Crippen LogP contribution in [0.4, 0.5) is 18.9 Å². The molecule has 0 aliphatic heterocycles. The summed E-state index contributed by atoms with van der Waals surface area (Å²) in [5.41, 5.74) is 2.29. The van der Waals surface area contributed by atoms with Crippen LogP contribution < -0.4 is 5.32 Å².